The molecule has 0 spiro atoms. The molecule has 2 aromatic rings. The number of nitrogens with zero attached hydrogens (tertiary/aromatic N) is 2. The van der Waals surface area contributed by atoms with Crippen LogP contribution in [0, 0.1) is 0 Å². The zero-order valence-electron chi connectivity index (χ0n) is 14.5. The first kappa shape index (κ1) is 16.5. The highest BCUT2D eigenvalue weighted by Crippen LogP contribution is 2.12. The predicted molar refractivity (Wildman–Crippen MR) is 97.6 cm³/mol. The van der Waals surface area contributed by atoms with Crippen LogP contribution < -0.4 is 9.64 Å². The molecule has 0 aliphatic carbocycles. The van der Waals surface area contributed by atoms with E-state index in [0.29, 0.717) is 0 Å². The first-order valence-electron chi connectivity index (χ1n) is 8.56. The maximum Gasteiger partial charge on any atom is 0.118 e. The zero-order chi connectivity index (χ0) is 16.8. The molecule has 1 aliphatic heterocycles. The summed E-state index contributed by atoms with van der Waals surface area (Å²) in [5, 5.41) is 7.00. The van der Waals surface area contributed by atoms with Gasteiger partial charge in [-0.2, -0.15) is 5.10 Å². The monoisotopic (exact) mass is 324 g/mol. The van der Waals surface area contributed by atoms with Crippen LogP contribution in [0.3, 0.4) is 0 Å². The second-order valence-electron chi connectivity index (χ2n) is 6.28. The summed E-state index contributed by atoms with van der Waals surface area (Å²) in [4.78, 5) is 1.63. The van der Waals surface area contributed by atoms with Gasteiger partial charge in [0.25, 0.3) is 0 Å². The molecule has 0 aromatic heterocycles. The Bertz CT molecular complexity index is 659. The molecule has 1 heterocycles. The smallest absolute Gasteiger partial charge is 0.118 e. The zero-order valence-corrected chi connectivity index (χ0v) is 14.5. The first-order chi connectivity index (χ1) is 11.7. The number of methoxy groups -OCH3 is 1. The van der Waals surface area contributed by atoms with Gasteiger partial charge in [-0.15, -0.1) is 0 Å². The van der Waals surface area contributed by atoms with E-state index in [9.17, 15) is 0 Å². The minimum absolute atomic E-state index is 0.879. The van der Waals surface area contributed by atoms with E-state index in [1.54, 1.807) is 12.0 Å². The lowest BCUT2D eigenvalue weighted by Gasteiger charge is -2.31. The molecule has 1 aliphatic rings. The Kier molecular flexibility index (Phi) is 5.49. The minimum Gasteiger partial charge on any atom is -0.497 e. The maximum atomic E-state index is 5.21. The summed E-state index contributed by atoms with van der Waals surface area (Å²) in [5.41, 5.74) is 3.62. The summed E-state index contributed by atoms with van der Waals surface area (Å²) < 4.78 is 5.21. The molecule has 0 saturated carbocycles. The van der Waals surface area contributed by atoms with E-state index in [-0.39, 0.29) is 0 Å². The van der Waals surface area contributed by atoms with Gasteiger partial charge in [0.1, 0.15) is 12.3 Å². The number of rotatable bonds is 5. The molecule has 1 fully saturated rings. The average Bonchev–Trinajstić information content (AvgIpc) is 2.64. The van der Waals surface area contributed by atoms with Gasteiger partial charge in [-0.1, -0.05) is 30.3 Å². The van der Waals surface area contributed by atoms with Crippen LogP contribution in [-0.2, 0) is 6.54 Å². The van der Waals surface area contributed by atoms with Crippen LogP contribution in [-0.4, -0.2) is 44.0 Å². The van der Waals surface area contributed by atoms with Crippen molar-refractivity contribution in [2.45, 2.75) is 13.5 Å². The fraction of sp³-hybridized carbons (Fsp3) is 0.350. The van der Waals surface area contributed by atoms with Gasteiger partial charge in [-0.25, -0.2) is 0 Å². The van der Waals surface area contributed by atoms with Crippen molar-refractivity contribution in [3.8, 4) is 5.75 Å². The van der Waals surface area contributed by atoms with Gasteiger partial charge in [0.15, 0.2) is 0 Å². The first-order valence-corrected chi connectivity index (χ1v) is 8.56. The maximum absolute atomic E-state index is 5.21. The van der Waals surface area contributed by atoms with E-state index < -0.39 is 0 Å². The van der Waals surface area contributed by atoms with E-state index in [1.165, 1.54) is 5.56 Å². The lowest BCUT2D eigenvalue weighted by molar-refractivity contribution is -0.918. The average molecular weight is 324 g/mol. The van der Waals surface area contributed by atoms with Crippen molar-refractivity contribution < 1.29 is 9.64 Å². The molecular weight excluding hydrogens is 298 g/mol. The molecule has 1 N–H and O–H groups in total. The molecule has 0 amide bonds. The molecule has 24 heavy (non-hydrogen) atoms. The van der Waals surface area contributed by atoms with Crippen LogP contribution in [0.5, 0.6) is 5.75 Å². The van der Waals surface area contributed by atoms with E-state index >= 15 is 0 Å². The number of ether oxygens (including phenoxy) is 1. The number of nitrogens with one attached hydrogen (secondary N) is 1. The Morgan fingerprint density at radius 2 is 1.71 bits per heavy atom. The lowest BCUT2D eigenvalue weighted by atomic mass is 10.1. The number of hydrogen-bond donors (Lipinski definition) is 1. The summed E-state index contributed by atoms with van der Waals surface area (Å²) in [5.74, 6) is 0.879. The Morgan fingerprint density at radius 1 is 1.04 bits per heavy atom. The Hall–Kier alpha value is -2.33. The second-order valence-corrected chi connectivity index (χ2v) is 6.28. The van der Waals surface area contributed by atoms with Gasteiger partial charge in [-0.3, -0.25) is 5.01 Å². The Balaban J connectivity index is 1.54. The fourth-order valence-corrected chi connectivity index (χ4v) is 3.07. The highest BCUT2D eigenvalue weighted by atomic mass is 16.5. The van der Waals surface area contributed by atoms with Crippen LogP contribution in [0.4, 0.5) is 0 Å². The molecule has 0 atom stereocenters. The van der Waals surface area contributed by atoms with Crippen LogP contribution in [0.1, 0.15) is 18.1 Å². The van der Waals surface area contributed by atoms with Gasteiger partial charge in [0.2, 0.25) is 0 Å². The van der Waals surface area contributed by atoms with Crippen molar-refractivity contribution in [1.82, 2.24) is 5.01 Å². The third kappa shape index (κ3) is 4.36. The van der Waals surface area contributed by atoms with Crippen molar-refractivity contribution >= 4 is 5.71 Å². The van der Waals surface area contributed by atoms with Crippen molar-refractivity contribution in [1.29, 1.82) is 0 Å². The van der Waals surface area contributed by atoms with Crippen LogP contribution in [0.2, 0.25) is 0 Å². The third-order valence-corrected chi connectivity index (χ3v) is 4.54. The number of piperazine rings is 1. The van der Waals surface area contributed by atoms with E-state index in [1.807, 2.05) is 12.1 Å². The molecule has 0 unspecified atom stereocenters. The summed E-state index contributed by atoms with van der Waals surface area (Å²) in [6, 6.07) is 18.8. The molecular formula is C20H26N3O+. The van der Waals surface area contributed by atoms with Crippen molar-refractivity contribution in [3.63, 3.8) is 0 Å². The highest BCUT2D eigenvalue weighted by molar-refractivity contribution is 5.98. The molecule has 126 valence electrons. The second kappa shape index (κ2) is 7.97. The summed E-state index contributed by atoms with van der Waals surface area (Å²) in [6.45, 7) is 7.47. The molecule has 2 aromatic carbocycles. The van der Waals surface area contributed by atoms with E-state index in [4.69, 9.17) is 9.84 Å². The molecule has 4 nitrogen and oxygen atoms in total. The van der Waals surface area contributed by atoms with Gasteiger partial charge in [0.05, 0.1) is 39.0 Å². The molecule has 3 rings (SSSR count). The van der Waals surface area contributed by atoms with Crippen LogP contribution in [0.15, 0.2) is 59.7 Å². The van der Waals surface area contributed by atoms with Gasteiger partial charge < -0.3 is 9.64 Å². The summed E-state index contributed by atoms with van der Waals surface area (Å²) in [6.07, 6.45) is 0. The lowest BCUT2D eigenvalue weighted by Crippen LogP contribution is -3.13. The predicted octanol–water partition coefficient (Wildman–Crippen LogP) is 1.82. The highest BCUT2D eigenvalue weighted by Gasteiger charge is 2.19. The normalized spacial score (nSPS) is 16.2. The number of hydrogen-bond acceptors (Lipinski definition) is 3. The Morgan fingerprint density at radius 3 is 2.33 bits per heavy atom. The van der Waals surface area contributed by atoms with E-state index in [0.717, 1.165) is 49.7 Å². The van der Waals surface area contributed by atoms with Crippen molar-refractivity contribution in [2.24, 2.45) is 5.10 Å². The number of benzene rings is 2. The summed E-state index contributed by atoms with van der Waals surface area (Å²) >= 11 is 0. The number of hydrazone groups is 1. The third-order valence-electron chi connectivity index (χ3n) is 4.54. The largest absolute Gasteiger partial charge is 0.497 e. The minimum atomic E-state index is 0.879. The van der Waals surface area contributed by atoms with E-state index in [2.05, 4.69) is 54.4 Å². The number of quaternary nitrogens is 1. The van der Waals surface area contributed by atoms with Crippen LogP contribution >= 0.6 is 0 Å². The molecule has 0 bridgehead atoms. The molecule has 1 saturated heterocycles. The SMILES string of the molecule is COc1ccc(/C(C)=N\N2CC[NH+](Cc3ccccc3)CC2)cc1. The van der Waals surface area contributed by atoms with Crippen LogP contribution in [0.25, 0.3) is 0 Å². The van der Waals surface area contributed by atoms with Crippen molar-refractivity contribution in [3.05, 3.63) is 65.7 Å². The molecule has 0 radical (unpaired) electrons. The summed E-state index contributed by atoms with van der Waals surface area (Å²) in [7, 11) is 1.69. The Labute approximate surface area is 144 Å². The fourth-order valence-electron chi connectivity index (χ4n) is 3.07. The molecule has 4 heteroatoms. The quantitative estimate of drug-likeness (QED) is 0.850. The van der Waals surface area contributed by atoms with Gasteiger partial charge in [0, 0.05) is 5.56 Å². The van der Waals surface area contributed by atoms with Gasteiger partial charge in [-0.05, 0) is 36.8 Å². The van der Waals surface area contributed by atoms with Gasteiger partial charge >= 0.3 is 0 Å². The topological polar surface area (TPSA) is 29.3 Å². The van der Waals surface area contributed by atoms with Crippen molar-refractivity contribution in [2.75, 3.05) is 33.3 Å². The standard InChI is InChI=1S/C20H25N3O/c1-17(19-8-10-20(24-2)11-9-19)21-23-14-12-22(13-15-23)16-18-6-4-3-5-7-18/h3-11H,12-16H2,1-2H3/p+1/b21-17-.